The first-order valence-corrected chi connectivity index (χ1v) is 8.30. The van der Waals surface area contributed by atoms with Crippen LogP contribution >= 0.6 is 27.5 Å². The molecule has 22 heavy (non-hydrogen) atoms. The van der Waals surface area contributed by atoms with E-state index < -0.39 is 0 Å². The van der Waals surface area contributed by atoms with Crippen LogP contribution in [0.1, 0.15) is 12.5 Å². The third-order valence-corrected chi connectivity index (χ3v) is 3.83. The molecule has 2 rings (SSSR count). The van der Waals surface area contributed by atoms with E-state index >= 15 is 0 Å². The molecule has 0 aliphatic heterocycles. The van der Waals surface area contributed by atoms with Crippen molar-refractivity contribution in [2.45, 2.75) is 13.5 Å². The maximum atomic E-state index is 12.2. The van der Waals surface area contributed by atoms with Crippen LogP contribution in [-0.2, 0) is 11.3 Å². The Morgan fingerprint density at radius 2 is 1.95 bits per heavy atom. The molecule has 1 amide bonds. The molecule has 0 aliphatic rings. The molecule has 0 N–H and O–H groups in total. The molecule has 0 atom stereocenters. The number of amides is 1. The minimum absolute atomic E-state index is 0.0520. The topological polar surface area (TPSA) is 29.5 Å². The smallest absolute Gasteiger partial charge is 0.242 e. The maximum absolute atomic E-state index is 12.2. The van der Waals surface area contributed by atoms with E-state index in [1.54, 1.807) is 4.90 Å². The van der Waals surface area contributed by atoms with E-state index in [1.165, 1.54) is 0 Å². The summed E-state index contributed by atoms with van der Waals surface area (Å²) in [6, 6.07) is 15.3. The van der Waals surface area contributed by atoms with Crippen LogP contribution in [-0.4, -0.2) is 18.4 Å². The molecule has 3 nitrogen and oxygen atoms in total. The molecule has 0 aliphatic carbocycles. The van der Waals surface area contributed by atoms with Crippen molar-refractivity contribution in [3.8, 4) is 5.75 Å². The highest BCUT2D eigenvalue weighted by atomic mass is 79.9. The summed E-state index contributed by atoms with van der Waals surface area (Å²) in [7, 11) is 0. The zero-order valence-corrected chi connectivity index (χ0v) is 14.6. The molecule has 0 fully saturated rings. The summed E-state index contributed by atoms with van der Waals surface area (Å²) < 4.78 is 6.35. The summed E-state index contributed by atoms with van der Waals surface area (Å²) in [4.78, 5) is 13.8. The van der Waals surface area contributed by atoms with Crippen molar-refractivity contribution in [2.75, 3.05) is 17.4 Å². The van der Waals surface area contributed by atoms with Crippen LogP contribution in [0.3, 0.4) is 0 Å². The van der Waals surface area contributed by atoms with Gasteiger partial charge in [0.25, 0.3) is 0 Å². The van der Waals surface area contributed by atoms with Crippen LogP contribution in [0.4, 0.5) is 5.69 Å². The number of hydrogen-bond acceptors (Lipinski definition) is 2. The van der Waals surface area contributed by atoms with Crippen molar-refractivity contribution in [2.24, 2.45) is 0 Å². The number of hydrogen-bond donors (Lipinski definition) is 0. The fourth-order valence-electron chi connectivity index (χ4n) is 2.08. The highest BCUT2D eigenvalue weighted by molar-refractivity contribution is 9.10. The third kappa shape index (κ3) is 4.49. The Kier molecular flexibility index (Phi) is 6.28. The van der Waals surface area contributed by atoms with E-state index in [2.05, 4.69) is 15.9 Å². The highest BCUT2D eigenvalue weighted by Gasteiger charge is 2.15. The van der Waals surface area contributed by atoms with Crippen LogP contribution in [0.5, 0.6) is 5.75 Å². The lowest BCUT2D eigenvalue weighted by Gasteiger charge is -2.22. The predicted octanol–water partition coefficient (Wildman–Crippen LogP) is 4.62. The lowest BCUT2D eigenvalue weighted by atomic mass is 10.2. The van der Waals surface area contributed by atoms with Crippen molar-refractivity contribution in [1.29, 1.82) is 0 Å². The Hall–Kier alpha value is -1.52. The lowest BCUT2D eigenvalue weighted by Crippen LogP contribution is -2.31. The molecule has 0 saturated carbocycles. The Bertz CT molecular complexity index is 631. The van der Waals surface area contributed by atoms with E-state index in [0.717, 1.165) is 21.5 Å². The second-order valence-electron chi connectivity index (χ2n) is 4.67. The average Bonchev–Trinajstić information content (AvgIpc) is 2.53. The first-order chi connectivity index (χ1) is 10.6. The Morgan fingerprint density at radius 3 is 2.55 bits per heavy atom. The molecule has 2 aromatic rings. The third-order valence-electron chi connectivity index (χ3n) is 3.11. The number of nitrogens with zero attached hydrogens (tertiary/aromatic N) is 1. The number of anilines is 1. The summed E-state index contributed by atoms with van der Waals surface area (Å²) in [6.07, 6.45) is 0. The second kappa shape index (κ2) is 8.20. The number of rotatable bonds is 6. The number of carbonyl (C=O) groups excluding carboxylic acids is 1. The number of ether oxygens (including phenoxy) is 1. The molecule has 0 unspecified atom stereocenters. The van der Waals surface area contributed by atoms with E-state index in [-0.39, 0.29) is 11.8 Å². The summed E-state index contributed by atoms with van der Waals surface area (Å²) in [6.45, 7) is 3.05. The Morgan fingerprint density at radius 1 is 1.23 bits per heavy atom. The van der Waals surface area contributed by atoms with Gasteiger partial charge in [-0.1, -0.05) is 34.1 Å². The molecule has 0 spiro atoms. The van der Waals surface area contributed by atoms with Gasteiger partial charge in [-0.2, -0.15) is 0 Å². The van der Waals surface area contributed by atoms with Gasteiger partial charge in [0.1, 0.15) is 11.6 Å². The zero-order chi connectivity index (χ0) is 15.9. The van der Waals surface area contributed by atoms with Crippen LogP contribution in [0.15, 0.2) is 53.0 Å². The predicted molar refractivity (Wildman–Crippen MR) is 93.7 cm³/mol. The number of carbonyl (C=O) groups is 1. The molecule has 116 valence electrons. The van der Waals surface area contributed by atoms with Crippen LogP contribution < -0.4 is 9.64 Å². The maximum Gasteiger partial charge on any atom is 0.242 e. The Labute approximate surface area is 144 Å². The number of benzene rings is 2. The standard InChI is InChI=1S/C17H17BrClNO2/c1-2-22-16-8-6-13(7-9-16)12-20(17(21)11-19)15-5-3-4-14(18)10-15/h3-10H,2,11-12H2,1H3. The van der Waals surface area contributed by atoms with Gasteiger partial charge in [0, 0.05) is 10.2 Å². The van der Waals surface area contributed by atoms with Gasteiger partial charge in [0.05, 0.1) is 13.2 Å². The second-order valence-corrected chi connectivity index (χ2v) is 5.85. The molecule has 2 aromatic carbocycles. The first kappa shape index (κ1) is 16.8. The van der Waals surface area contributed by atoms with E-state index in [0.29, 0.717) is 13.2 Å². The van der Waals surface area contributed by atoms with Gasteiger partial charge in [0.2, 0.25) is 5.91 Å². The minimum Gasteiger partial charge on any atom is -0.494 e. The van der Waals surface area contributed by atoms with Crippen LogP contribution in [0, 0.1) is 0 Å². The summed E-state index contributed by atoms with van der Waals surface area (Å²) >= 11 is 9.17. The molecule has 0 aromatic heterocycles. The van der Waals surface area contributed by atoms with E-state index in [1.807, 2.05) is 55.5 Å². The largest absolute Gasteiger partial charge is 0.494 e. The molecular weight excluding hydrogens is 366 g/mol. The Balaban J connectivity index is 2.21. The molecule has 0 radical (unpaired) electrons. The normalized spacial score (nSPS) is 10.3. The van der Waals surface area contributed by atoms with Gasteiger partial charge in [-0.25, -0.2) is 0 Å². The van der Waals surface area contributed by atoms with Crippen molar-refractivity contribution in [1.82, 2.24) is 0 Å². The summed E-state index contributed by atoms with van der Waals surface area (Å²) in [5.41, 5.74) is 1.83. The van der Waals surface area contributed by atoms with Crippen molar-refractivity contribution >= 4 is 39.1 Å². The van der Waals surface area contributed by atoms with Gasteiger partial charge in [-0.05, 0) is 42.8 Å². The highest BCUT2D eigenvalue weighted by Crippen LogP contribution is 2.23. The number of halogens is 2. The van der Waals surface area contributed by atoms with Crippen LogP contribution in [0.25, 0.3) is 0 Å². The lowest BCUT2D eigenvalue weighted by molar-refractivity contribution is -0.116. The number of alkyl halides is 1. The van der Waals surface area contributed by atoms with Gasteiger partial charge < -0.3 is 9.64 Å². The van der Waals surface area contributed by atoms with Gasteiger partial charge in [-0.15, -0.1) is 11.6 Å². The fourth-order valence-corrected chi connectivity index (χ4v) is 2.61. The molecular formula is C17H17BrClNO2. The van der Waals surface area contributed by atoms with Gasteiger partial charge in [-0.3, -0.25) is 4.79 Å². The molecule has 0 heterocycles. The van der Waals surface area contributed by atoms with Crippen molar-refractivity contribution in [3.63, 3.8) is 0 Å². The summed E-state index contributed by atoms with van der Waals surface area (Å²) in [5, 5.41) is 0. The van der Waals surface area contributed by atoms with Crippen molar-refractivity contribution in [3.05, 3.63) is 58.6 Å². The molecule has 0 bridgehead atoms. The average molecular weight is 383 g/mol. The van der Waals surface area contributed by atoms with Gasteiger partial charge in [0.15, 0.2) is 0 Å². The zero-order valence-electron chi connectivity index (χ0n) is 12.3. The monoisotopic (exact) mass is 381 g/mol. The SMILES string of the molecule is CCOc1ccc(CN(C(=O)CCl)c2cccc(Br)c2)cc1. The quantitative estimate of drug-likeness (QED) is 0.682. The summed E-state index contributed by atoms with van der Waals surface area (Å²) in [5.74, 6) is 0.640. The minimum atomic E-state index is -0.131. The van der Waals surface area contributed by atoms with E-state index in [4.69, 9.17) is 16.3 Å². The van der Waals surface area contributed by atoms with Crippen molar-refractivity contribution < 1.29 is 9.53 Å². The molecule has 0 saturated heterocycles. The van der Waals surface area contributed by atoms with E-state index in [9.17, 15) is 4.79 Å². The molecule has 5 heteroatoms. The van der Waals surface area contributed by atoms with Gasteiger partial charge >= 0.3 is 0 Å². The van der Waals surface area contributed by atoms with Crippen LogP contribution in [0.2, 0.25) is 0 Å². The fraction of sp³-hybridized carbons (Fsp3) is 0.235. The first-order valence-electron chi connectivity index (χ1n) is 6.97.